The van der Waals surface area contributed by atoms with E-state index in [1.165, 1.54) is 6.07 Å². The van der Waals surface area contributed by atoms with Crippen LogP contribution in [0.15, 0.2) is 46.9 Å². The van der Waals surface area contributed by atoms with E-state index < -0.39 is 0 Å². The molecule has 21 heavy (non-hydrogen) atoms. The summed E-state index contributed by atoms with van der Waals surface area (Å²) in [4.78, 5) is 0. The van der Waals surface area contributed by atoms with Crippen LogP contribution in [-0.4, -0.2) is 0 Å². The minimum Gasteiger partial charge on any atom is -0.450 e. The molecule has 5 nitrogen and oxygen atoms in total. The van der Waals surface area contributed by atoms with E-state index in [2.05, 4.69) is 0 Å². The quantitative estimate of drug-likeness (QED) is 0.721. The molecule has 2 aromatic carbocycles. The fourth-order valence-electron chi connectivity index (χ4n) is 2.00. The molecule has 0 saturated carbocycles. The number of hydrogen-bond donors (Lipinski definition) is 1. The molecule has 5 heteroatoms. The lowest BCUT2D eigenvalue weighted by Gasteiger charge is -2.07. The largest absolute Gasteiger partial charge is 0.450 e. The number of nitrogens with zero attached hydrogens (tertiary/aromatic N) is 2. The predicted octanol–water partition coefficient (Wildman–Crippen LogP) is 3.55. The maximum atomic E-state index is 9.16. The maximum Gasteiger partial charge on any atom is 0.247 e. The first kappa shape index (κ1) is 12.6. The van der Waals surface area contributed by atoms with Crippen LogP contribution in [0.25, 0.3) is 11.0 Å². The van der Waals surface area contributed by atoms with Gasteiger partial charge in [-0.1, -0.05) is 12.1 Å². The van der Waals surface area contributed by atoms with Crippen LogP contribution in [0.4, 0.5) is 5.69 Å². The van der Waals surface area contributed by atoms with E-state index in [1.54, 1.807) is 30.3 Å². The van der Waals surface area contributed by atoms with Gasteiger partial charge in [-0.15, -0.1) is 0 Å². The molecule has 0 atom stereocenters. The van der Waals surface area contributed by atoms with Crippen LogP contribution in [0, 0.1) is 22.7 Å². The van der Waals surface area contributed by atoms with Crippen molar-refractivity contribution in [2.75, 3.05) is 5.73 Å². The van der Waals surface area contributed by atoms with Gasteiger partial charge < -0.3 is 14.9 Å². The summed E-state index contributed by atoms with van der Waals surface area (Å²) in [6, 6.07) is 15.8. The van der Waals surface area contributed by atoms with Crippen molar-refractivity contribution < 1.29 is 9.15 Å². The molecule has 0 spiro atoms. The third-order valence-corrected chi connectivity index (χ3v) is 3.01. The van der Waals surface area contributed by atoms with Crippen molar-refractivity contribution in [3.8, 4) is 23.6 Å². The second-order valence-corrected chi connectivity index (χ2v) is 4.33. The van der Waals surface area contributed by atoms with Gasteiger partial charge in [0.05, 0.1) is 22.7 Å². The van der Waals surface area contributed by atoms with Crippen molar-refractivity contribution in [3.63, 3.8) is 0 Å². The minimum absolute atomic E-state index is 0.0676. The fraction of sp³-hybridized carbons (Fsp3) is 0. The Balaban J connectivity index is 2.14. The number of rotatable bonds is 2. The fourth-order valence-corrected chi connectivity index (χ4v) is 2.00. The Labute approximate surface area is 120 Å². The second kappa shape index (κ2) is 4.92. The molecule has 100 valence electrons. The van der Waals surface area contributed by atoms with Gasteiger partial charge in [0.15, 0.2) is 11.5 Å². The van der Waals surface area contributed by atoms with Crippen LogP contribution in [0.5, 0.6) is 11.5 Å². The zero-order valence-electron chi connectivity index (χ0n) is 10.8. The van der Waals surface area contributed by atoms with Crippen LogP contribution < -0.4 is 10.5 Å². The summed E-state index contributed by atoms with van der Waals surface area (Å²) in [6.07, 6.45) is 0. The Morgan fingerprint density at radius 1 is 1.05 bits per heavy atom. The third kappa shape index (κ3) is 2.13. The van der Waals surface area contributed by atoms with Crippen LogP contribution in [0.3, 0.4) is 0 Å². The summed E-state index contributed by atoms with van der Waals surface area (Å²) in [6.45, 7) is 0. The van der Waals surface area contributed by atoms with Crippen molar-refractivity contribution in [1.29, 1.82) is 10.5 Å². The average molecular weight is 275 g/mol. The highest BCUT2D eigenvalue weighted by molar-refractivity contribution is 5.87. The lowest BCUT2D eigenvalue weighted by atomic mass is 10.2. The molecule has 0 amide bonds. The monoisotopic (exact) mass is 275 g/mol. The first-order valence-corrected chi connectivity index (χ1v) is 6.12. The number of nitriles is 2. The highest BCUT2D eigenvalue weighted by atomic mass is 16.5. The van der Waals surface area contributed by atoms with Gasteiger partial charge in [0.1, 0.15) is 11.7 Å². The van der Waals surface area contributed by atoms with E-state index in [9.17, 15) is 0 Å². The van der Waals surface area contributed by atoms with E-state index in [-0.39, 0.29) is 5.76 Å². The van der Waals surface area contributed by atoms with Gasteiger partial charge in [0, 0.05) is 6.07 Å². The number of benzene rings is 2. The SMILES string of the molecule is N#Cc1ccc(N)c(Oc2c(C#N)oc3ccccc23)c1. The summed E-state index contributed by atoms with van der Waals surface area (Å²) in [5.41, 5.74) is 7.20. The molecule has 1 heterocycles. The molecule has 0 fully saturated rings. The summed E-state index contributed by atoms with van der Waals surface area (Å²) >= 11 is 0. The first-order chi connectivity index (χ1) is 10.2. The molecule has 1 aromatic heterocycles. The molecule has 0 unspecified atom stereocenters. The van der Waals surface area contributed by atoms with Gasteiger partial charge in [-0.2, -0.15) is 10.5 Å². The number of para-hydroxylation sites is 1. The van der Waals surface area contributed by atoms with Crippen molar-refractivity contribution in [1.82, 2.24) is 0 Å². The van der Waals surface area contributed by atoms with Crippen LogP contribution in [-0.2, 0) is 0 Å². The first-order valence-electron chi connectivity index (χ1n) is 6.12. The third-order valence-electron chi connectivity index (χ3n) is 3.01. The Kier molecular flexibility index (Phi) is 2.95. The lowest BCUT2D eigenvalue weighted by molar-refractivity contribution is 0.469. The minimum atomic E-state index is 0.0676. The van der Waals surface area contributed by atoms with Crippen LogP contribution in [0.1, 0.15) is 11.3 Å². The number of hydrogen-bond acceptors (Lipinski definition) is 5. The molecule has 0 aliphatic rings. The molecule has 0 aliphatic carbocycles. The van der Waals surface area contributed by atoms with Crippen LogP contribution >= 0.6 is 0 Å². The molecule has 0 saturated heterocycles. The zero-order valence-corrected chi connectivity index (χ0v) is 10.8. The van der Waals surface area contributed by atoms with E-state index >= 15 is 0 Å². The topological polar surface area (TPSA) is 96.0 Å². The zero-order chi connectivity index (χ0) is 14.8. The molecule has 0 bridgehead atoms. The van der Waals surface area contributed by atoms with Gasteiger partial charge in [0.2, 0.25) is 5.76 Å². The maximum absolute atomic E-state index is 9.16. The number of nitrogen functional groups attached to an aromatic ring is 1. The van der Waals surface area contributed by atoms with Gasteiger partial charge >= 0.3 is 0 Å². The summed E-state index contributed by atoms with van der Waals surface area (Å²) in [7, 11) is 0. The Hall–Kier alpha value is -3.44. The average Bonchev–Trinajstić information content (AvgIpc) is 2.87. The lowest BCUT2D eigenvalue weighted by Crippen LogP contribution is -1.93. The predicted molar refractivity (Wildman–Crippen MR) is 76.6 cm³/mol. The smallest absolute Gasteiger partial charge is 0.247 e. The highest BCUT2D eigenvalue weighted by Gasteiger charge is 2.17. The number of anilines is 1. The molecule has 2 N–H and O–H groups in total. The Morgan fingerprint density at radius 3 is 2.62 bits per heavy atom. The molecule has 3 rings (SSSR count). The second-order valence-electron chi connectivity index (χ2n) is 4.33. The van der Waals surface area contributed by atoms with Gasteiger partial charge in [0.25, 0.3) is 0 Å². The molecular weight excluding hydrogens is 266 g/mol. The summed E-state index contributed by atoms with van der Waals surface area (Å²) < 4.78 is 11.2. The molecule has 3 aromatic rings. The molecular formula is C16H9N3O2. The number of nitrogens with two attached hydrogens (primary N) is 1. The Morgan fingerprint density at radius 2 is 1.86 bits per heavy atom. The molecule has 0 radical (unpaired) electrons. The van der Waals surface area contributed by atoms with Crippen molar-refractivity contribution in [2.45, 2.75) is 0 Å². The summed E-state index contributed by atoms with van der Waals surface area (Å²) in [5.74, 6) is 0.685. The van der Waals surface area contributed by atoms with Gasteiger partial charge in [-0.25, -0.2) is 0 Å². The van der Waals surface area contributed by atoms with E-state index in [4.69, 9.17) is 25.4 Å². The van der Waals surface area contributed by atoms with Gasteiger partial charge in [-0.3, -0.25) is 0 Å². The van der Waals surface area contributed by atoms with Gasteiger partial charge in [-0.05, 0) is 24.3 Å². The molecule has 0 aliphatic heterocycles. The standard InChI is InChI=1S/C16H9N3O2/c17-8-10-5-6-12(19)14(7-10)21-16-11-3-1-2-4-13(11)20-15(16)9-18/h1-7H,19H2. The summed E-state index contributed by atoms with van der Waals surface area (Å²) in [5, 5.41) is 18.8. The number of fused-ring (bicyclic) bond motifs is 1. The number of furan rings is 1. The number of ether oxygens (including phenoxy) is 1. The van der Waals surface area contributed by atoms with Crippen molar-refractivity contribution in [3.05, 3.63) is 53.8 Å². The highest BCUT2D eigenvalue weighted by Crippen LogP contribution is 2.37. The van der Waals surface area contributed by atoms with Crippen molar-refractivity contribution >= 4 is 16.7 Å². The van der Waals surface area contributed by atoms with Crippen LogP contribution in [0.2, 0.25) is 0 Å². The van der Waals surface area contributed by atoms with E-state index in [1.807, 2.05) is 18.2 Å². The normalized spacial score (nSPS) is 10.0. The van der Waals surface area contributed by atoms with E-state index in [0.717, 1.165) is 0 Å². The Bertz CT molecular complexity index is 913. The van der Waals surface area contributed by atoms with E-state index in [0.29, 0.717) is 33.7 Å². The van der Waals surface area contributed by atoms with Crippen molar-refractivity contribution in [2.24, 2.45) is 0 Å².